The van der Waals surface area contributed by atoms with Crippen LogP contribution in [0.3, 0.4) is 0 Å². The number of imidazole rings is 1. The summed E-state index contributed by atoms with van der Waals surface area (Å²) in [7, 11) is 0. The number of fused-ring (bicyclic) bond motifs is 2. The maximum Gasteiger partial charge on any atom is 0.136 e. The van der Waals surface area contributed by atoms with Crippen LogP contribution in [0.15, 0.2) is 28.4 Å². The van der Waals surface area contributed by atoms with Crippen molar-refractivity contribution in [1.29, 1.82) is 0 Å². The molecular formula is C17H17N5S. The highest BCUT2D eigenvalue weighted by Crippen LogP contribution is 2.24. The third-order valence-electron chi connectivity index (χ3n) is 4.02. The Kier molecular flexibility index (Phi) is 3.53. The number of aromatic amines is 2. The van der Waals surface area contributed by atoms with Crippen molar-refractivity contribution >= 4 is 34.5 Å². The monoisotopic (exact) mass is 323 g/mol. The molecule has 0 radical (unpaired) electrons. The van der Waals surface area contributed by atoms with Crippen molar-refractivity contribution < 1.29 is 0 Å². The lowest BCUT2D eigenvalue weighted by Crippen LogP contribution is -2.23. The number of allylic oxidation sites excluding steroid dienone is 3. The van der Waals surface area contributed by atoms with Crippen LogP contribution in [0.25, 0.3) is 17.7 Å². The molecule has 0 saturated carbocycles. The molecule has 2 aromatic heterocycles. The molecule has 0 spiro atoms. The fourth-order valence-electron chi connectivity index (χ4n) is 2.83. The Morgan fingerprint density at radius 3 is 3.04 bits per heavy atom. The number of hydrogen-bond acceptors (Lipinski definition) is 4. The van der Waals surface area contributed by atoms with Crippen molar-refractivity contribution in [3.63, 3.8) is 0 Å². The molecule has 4 rings (SSSR count). The molecule has 0 fully saturated rings. The van der Waals surface area contributed by atoms with Gasteiger partial charge in [0.1, 0.15) is 5.82 Å². The molecule has 2 N–H and O–H groups in total. The lowest BCUT2D eigenvalue weighted by Gasteiger charge is -2.08. The number of rotatable bonds is 1. The second-order valence-corrected chi connectivity index (χ2v) is 6.73. The normalized spacial score (nSPS) is 21.7. The van der Waals surface area contributed by atoms with Crippen molar-refractivity contribution in [1.82, 2.24) is 20.2 Å². The minimum absolute atomic E-state index is 0.814. The second kappa shape index (κ2) is 5.70. The van der Waals surface area contributed by atoms with Crippen LogP contribution in [0.1, 0.15) is 37.4 Å². The predicted octanol–water partition coefficient (Wildman–Crippen LogP) is 2.10. The summed E-state index contributed by atoms with van der Waals surface area (Å²) < 4.78 is 0. The van der Waals surface area contributed by atoms with Gasteiger partial charge in [-0.05, 0) is 31.8 Å². The maximum atomic E-state index is 4.80. The Balaban J connectivity index is 1.86. The fraction of sp³-hybridized carbons (Fsp3) is 0.235. The number of H-pyrrole nitrogens is 2. The van der Waals surface area contributed by atoms with Gasteiger partial charge < -0.3 is 4.98 Å². The smallest absolute Gasteiger partial charge is 0.136 e. The van der Waals surface area contributed by atoms with Gasteiger partial charge in [-0.1, -0.05) is 23.9 Å². The number of thioether (sulfide) groups is 1. The average Bonchev–Trinajstić information content (AvgIpc) is 3.08. The van der Waals surface area contributed by atoms with E-state index in [1.807, 2.05) is 20.0 Å². The highest BCUT2D eigenvalue weighted by atomic mass is 32.2. The summed E-state index contributed by atoms with van der Waals surface area (Å²) >= 11 is 1.66. The number of hydrogen-bond donors (Lipinski definition) is 2. The summed E-state index contributed by atoms with van der Waals surface area (Å²) in [5, 5.41) is 12.3. The van der Waals surface area contributed by atoms with Crippen LogP contribution in [0, 0.1) is 0 Å². The molecule has 116 valence electrons. The van der Waals surface area contributed by atoms with Gasteiger partial charge in [0.15, 0.2) is 0 Å². The Morgan fingerprint density at radius 1 is 1.22 bits per heavy atom. The quantitative estimate of drug-likeness (QED) is 0.844. The number of nitrogens with one attached hydrogen (secondary N) is 2. The lowest BCUT2D eigenvalue weighted by atomic mass is 10.1. The zero-order chi connectivity index (χ0) is 15.8. The van der Waals surface area contributed by atoms with Gasteiger partial charge in [0.2, 0.25) is 0 Å². The van der Waals surface area contributed by atoms with E-state index < -0.39 is 0 Å². The van der Waals surface area contributed by atoms with Crippen LogP contribution >= 0.6 is 11.8 Å². The number of aromatic nitrogens is 4. The first-order valence-corrected chi connectivity index (χ1v) is 8.46. The lowest BCUT2D eigenvalue weighted by molar-refractivity contribution is 1.02. The van der Waals surface area contributed by atoms with E-state index in [-0.39, 0.29) is 0 Å². The molecule has 1 aliphatic carbocycles. The van der Waals surface area contributed by atoms with Gasteiger partial charge in [0.25, 0.3) is 0 Å². The zero-order valence-corrected chi connectivity index (χ0v) is 13.9. The molecule has 0 aromatic carbocycles. The molecule has 6 heteroatoms. The van der Waals surface area contributed by atoms with E-state index in [1.165, 1.54) is 0 Å². The summed E-state index contributed by atoms with van der Waals surface area (Å²) in [6.07, 6.45) is 9.90. The molecule has 2 aliphatic rings. The van der Waals surface area contributed by atoms with Gasteiger partial charge in [-0.15, -0.1) is 0 Å². The van der Waals surface area contributed by atoms with Gasteiger partial charge >= 0.3 is 0 Å². The number of nitrogens with zero attached hydrogens (tertiary/aromatic N) is 3. The van der Waals surface area contributed by atoms with Gasteiger partial charge in [0.05, 0.1) is 21.9 Å². The first-order valence-electron chi connectivity index (χ1n) is 7.58. The summed E-state index contributed by atoms with van der Waals surface area (Å²) in [6.45, 7) is 4.08. The molecule has 23 heavy (non-hydrogen) atoms. The number of aliphatic imine (C=N–C) groups is 1. The Morgan fingerprint density at radius 2 is 2.13 bits per heavy atom. The van der Waals surface area contributed by atoms with E-state index in [9.17, 15) is 0 Å². The molecule has 1 aliphatic heterocycles. The molecule has 3 heterocycles. The minimum atomic E-state index is 0.814. The van der Waals surface area contributed by atoms with E-state index >= 15 is 0 Å². The van der Waals surface area contributed by atoms with Crippen molar-refractivity contribution in [2.75, 3.05) is 0 Å². The Labute approximate surface area is 138 Å². The van der Waals surface area contributed by atoms with Crippen molar-refractivity contribution in [3.05, 3.63) is 51.2 Å². The van der Waals surface area contributed by atoms with Crippen LogP contribution in [0.4, 0.5) is 0 Å². The third-order valence-corrected chi connectivity index (χ3v) is 4.78. The second-order valence-electron chi connectivity index (χ2n) is 5.63. The van der Waals surface area contributed by atoms with Crippen LogP contribution in [0.5, 0.6) is 0 Å². The van der Waals surface area contributed by atoms with E-state index in [4.69, 9.17) is 4.98 Å². The molecule has 2 aromatic rings. The molecule has 0 amide bonds. The van der Waals surface area contributed by atoms with Gasteiger partial charge in [0, 0.05) is 28.9 Å². The van der Waals surface area contributed by atoms with Gasteiger partial charge in [-0.2, -0.15) is 5.10 Å². The minimum Gasteiger partial charge on any atom is -0.338 e. The van der Waals surface area contributed by atoms with E-state index in [2.05, 4.69) is 43.8 Å². The SMILES string of the molecule is CC1=N/C(C)=C(/c2nc3c([nH]2)=Cc2cn[nH]c2CC=3)C/C=C\S1. The first kappa shape index (κ1) is 14.3. The molecule has 5 nitrogen and oxygen atoms in total. The summed E-state index contributed by atoms with van der Waals surface area (Å²) in [5.74, 6) is 0.903. The molecular weight excluding hydrogens is 306 g/mol. The van der Waals surface area contributed by atoms with E-state index in [0.717, 1.165) is 56.9 Å². The summed E-state index contributed by atoms with van der Waals surface area (Å²) in [4.78, 5) is 12.9. The average molecular weight is 323 g/mol. The van der Waals surface area contributed by atoms with Crippen LogP contribution in [-0.4, -0.2) is 25.2 Å². The van der Waals surface area contributed by atoms with Crippen LogP contribution < -0.4 is 10.7 Å². The van der Waals surface area contributed by atoms with E-state index in [0.29, 0.717) is 0 Å². The maximum absolute atomic E-state index is 4.80. The van der Waals surface area contributed by atoms with Gasteiger partial charge in [-0.25, -0.2) is 4.98 Å². The zero-order valence-electron chi connectivity index (χ0n) is 13.1. The standard InChI is InChI=1S/C17H17N5S/c1-10-13(4-3-7-23-11(2)19-10)17-20-15-6-5-14-12(9-18-22-14)8-16(15)21-17/h3,6-9H,4-5H2,1-2H3,(H,18,22)(H,20,21)/b7-3-,13-10+,19-11?. The predicted molar refractivity (Wildman–Crippen MR) is 95.2 cm³/mol. The van der Waals surface area contributed by atoms with Crippen LogP contribution in [-0.2, 0) is 6.42 Å². The highest BCUT2D eigenvalue weighted by molar-refractivity contribution is 8.16. The van der Waals surface area contributed by atoms with Gasteiger partial charge in [-0.3, -0.25) is 10.1 Å². The molecule has 0 unspecified atom stereocenters. The summed E-state index contributed by atoms with van der Waals surface area (Å²) in [6, 6.07) is 0. The Hall–Kier alpha value is -2.34. The summed E-state index contributed by atoms with van der Waals surface area (Å²) in [5.41, 5.74) is 4.40. The first-order chi connectivity index (χ1) is 11.2. The molecule has 0 atom stereocenters. The van der Waals surface area contributed by atoms with Crippen molar-refractivity contribution in [2.45, 2.75) is 26.7 Å². The third kappa shape index (κ3) is 2.70. The van der Waals surface area contributed by atoms with Crippen molar-refractivity contribution in [2.24, 2.45) is 4.99 Å². The molecule has 0 bridgehead atoms. The topological polar surface area (TPSA) is 69.7 Å². The fourth-order valence-corrected chi connectivity index (χ4v) is 3.41. The Bertz CT molecular complexity index is 971. The highest BCUT2D eigenvalue weighted by Gasteiger charge is 2.12. The van der Waals surface area contributed by atoms with Crippen LogP contribution in [0.2, 0.25) is 0 Å². The molecule has 0 saturated heterocycles. The van der Waals surface area contributed by atoms with Crippen molar-refractivity contribution in [3.8, 4) is 0 Å². The van der Waals surface area contributed by atoms with E-state index in [1.54, 1.807) is 11.8 Å². The largest absolute Gasteiger partial charge is 0.338 e.